The number of amidine groups is 1. The van der Waals surface area contributed by atoms with E-state index in [1.54, 1.807) is 12.4 Å². The number of aliphatic imine (C=N–C) groups is 1. The first-order valence-corrected chi connectivity index (χ1v) is 9.57. The molecule has 6 nitrogen and oxygen atoms in total. The maximum atomic E-state index is 8.89. The van der Waals surface area contributed by atoms with Gasteiger partial charge in [0.1, 0.15) is 18.4 Å². The molecule has 2 aromatic rings. The molecule has 0 saturated heterocycles. The van der Waals surface area contributed by atoms with Gasteiger partial charge in [0, 0.05) is 30.4 Å². The van der Waals surface area contributed by atoms with Crippen molar-refractivity contribution in [2.45, 2.75) is 44.2 Å². The molecule has 1 saturated carbocycles. The molecule has 6 heteroatoms. The Morgan fingerprint density at radius 3 is 2.89 bits per heavy atom. The summed E-state index contributed by atoms with van der Waals surface area (Å²) >= 11 is 0. The second-order valence-electron chi connectivity index (χ2n) is 8.20. The van der Waals surface area contributed by atoms with Crippen molar-refractivity contribution in [3.8, 4) is 11.1 Å². The lowest BCUT2D eigenvalue weighted by molar-refractivity contribution is -0.0445. The van der Waals surface area contributed by atoms with Crippen LogP contribution < -0.4 is 5.73 Å². The highest BCUT2D eigenvalue weighted by molar-refractivity contribution is 5.75. The third kappa shape index (κ3) is 2.40. The highest BCUT2D eigenvalue weighted by atomic mass is 16.5. The number of benzene rings is 1. The Hall–Kier alpha value is -2.47. The topological polar surface area (TPSA) is 82.6 Å². The molecule has 1 aromatic heterocycles. The largest absolute Gasteiger partial charge is 0.462 e. The molecule has 28 heavy (non-hydrogen) atoms. The van der Waals surface area contributed by atoms with E-state index in [9.17, 15) is 0 Å². The molecular formula is C22H26N4O2. The Kier molecular flexibility index (Phi) is 2.89. The zero-order valence-corrected chi connectivity index (χ0v) is 15.7. The van der Waals surface area contributed by atoms with Gasteiger partial charge in [0.05, 0.1) is 13.0 Å². The third-order valence-electron chi connectivity index (χ3n) is 6.68. The molecule has 1 fully saturated rings. The van der Waals surface area contributed by atoms with Crippen LogP contribution in [0.15, 0.2) is 41.9 Å². The molecule has 1 aliphatic heterocycles. The van der Waals surface area contributed by atoms with E-state index in [0.29, 0.717) is 25.7 Å². The maximum absolute atomic E-state index is 8.89. The summed E-state index contributed by atoms with van der Waals surface area (Å²) in [7, 11) is -2.47. The molecule has 2 heterocycles. The van der Waals surface area contributed by atoms with Crippen LogP contribution in [0.5, 0.6) is 0 Å². The van der Waals surface area contributed by atoms with Crippen molar-refractivity contribution in [1.82, 2.24) is 9.97 Å². The highest BCUT2D eigenvalue weighted by Crippen LogP contribution is 2.62. The average molecular weight is 384 g/mol. The Labute approximate surface area is 172 Å². The SMILES string of the molecule is [2H]C([2H])([2H])O[C@H]1CC[C@@]2(Cc3ccc(-c4cncnc4)cc3[C@]23N=C(N)OC3([2H])[2H])C[C@@H]1C. The molecule has 3 aliphatic rings. The van der Waals surface area contributed by atoms with E-state index in [4.69, 9.17) is 22.1 Å². The highest BCUT2D eigenvalue weighted by Gasteiger charge is 2.62. The normalized spacial score (nSPS) is 38.6. The van der Waals surface area contributed by atoms with Gasteiger partial charge >= 0.3 is 0 Å². The molecule has 0 amide bonds. The molecule has 2 N–H and O–H groups in total. The van der Waals surface area contributed by atoms with E-state index >= 15 is 0 Å². The quantitative estimate of drug-likeness (QED) is 0.862. The Balaban J connectivity index is 1.62. The Morgan fingerprint density at radius 2 is 2.18 bits per heavy atom. The fourth-order valence-corrected chi connectivity index (χ4v) is 5.37. The predicted octanol–water partition coefficient (Wildman–Crippen LogP) is 3.06. The van der Waals surface area contributed by atoms with E-state index in [1.165, 1.54) is 6.33 Å². The molecule has 4 atom stereocenters. The van der Waals surface area contributed by atoms with Crippen LogP contribution in [0.2, 0.25) is 0 Å². The second-order valence-corrected chi connectivity index (χ2v) is 8.20. The van der Waals surface area contributed by atoms with Gasteiger partial charge in [-0.2, -0.15) is 0 Å². The first-order valence-electron chi connectivity index (χ1n) is 12.1. The lowest BCUT2D eigenvalue weighted by Crippen LogP contribution is -2.48. The summed E-state index contributed by atoms with van der Waals surface area (Å²) in [6.45, 7) is -0.204. The number of fused-ring (bicyclic) bond motifs is 3. The van der Waals surface area contributed by atoms with Crippen molar-refractivity contribution in [1.29, 1.82) is 0 Å². The van der Waals surface area contributed by atoms with Crippen LogP contribution in [0.25, 0.3) is 11.1 Å². The summed E-state index contributed by atoms with van der Waals surface area (Å²) in [5.41, 5.74) is 7.42. The van der Waals surface area contributed by atoms with E-state index in [1.807, 2.05) is 25.1 Å². The minimum Gasteiger partial charge on any atom is -0.462 e. The van der Waals surface area contributed by atoms with E-state index < -0.39 is 30.7 Å². The van der Waals surface area contributed by atoms with Crippen molar-refractivity contribution in [2.75, 3.05) is 13.6 Å². The lowest BCUT2D eigenvalue weighted by Gasteiger charge is -2.47. The van der Waals surface area contributed by atoms with Gasteiger partial charge in [0.25, 0.3) is 6.02 Å². The van der Waals surface area contributed by atoms with Gasteiger partial charge in [-0.15, -0.1) is 0 Å². The van der Waals surface area contributed by atoms with Gasteiger partial charge in [-0.25, -0.2) is 15.0 Å². The fraction of sp³-hybridized carbons (Fsp3) is 0.500. The number of nitrogens with two attached hydrogens (primary N) is 1. The van der Waals surface area contributed by atoms with Gasteiger partial charge in [-0.3, -0.25) is 0 Å². The summed E-state index contributed by atoms with van der Waals surface area (Å²) in [6, 6.07) is 5.76. The number of hydrogen-bond acceptors (Lipinski definition) is 6. The van der Waals surface area contributed by atoms with Crippen LogP contribution in [0, 0.1) is 11.3 Å². The summed E-state index contributed by atoms with van der Waals surface area (Å²) in [4.78, 5) is 12.9. The zero-order valence-electron chi connectivity index (χ0n) is 20.7. The van der Waals surface area contributed by atoms with E-state index in [-0.39, 0.29) is 11.9 Å². The number of ether oxygens (including phenoxy) is 2. The van der Waals surface area contributed by atoms with Crippen molar-refractivity contribution >= 4 is 6.02 Å². The lowest BCUT2D eigenvalue weighted by atomic mass is 9.59. The van der Waals surface area contributed by atoms with Gasteiger partial charge in [-0.05, 0) is 54.4 Å². The minimum atomic E-state index is -2.47. The Morgan fingerprint density at radius 1 is 1.32 bits per heavy atom. The minimum absolute atomic E-state index is 0.111. The van der Waals surface area contributed by atoms with Crippen LogP contribution in [0.4, 0.5) is 0 Å². The average Bonchev–Trinajstić information content (AvgIpc) is 3.14. The molecule has 5 rings (SSSR count). The molecule has 2 spiro atoms. The maximum Gasteiger partial charge on any atom is 0.283 e. The van der Waals surface area contributed by atoms with Gasteiger partial charge in [-0.1, -0.05) is 19.1 Å². The van der Waals surface area contributed by atoms with Crippen LogP contribution in [0.3, 0.4) is 0 Å². The third-order valence-corrected chi connectivity index (χ3v) is 6.68. The number of rotatable bonds is 2. The standard InChI is InChI=1S/C22H26N4O2/c1-14-8-21(6-5-19(14)27-2)9-16-4-3-15(17-10-24-13-25-11-17)7-18(16)22(21)12-28-20(23)26-22/h3-4,7,10-11,13-14,19H,5-6,8-9,12H2,1-2H3,(H2,23,26)/t14-,19-,21-,22-/m0/s1/i2D3,12D2. The molecular weight excluding hydrogens is 352 g/mol. The van der Waals surface area contributed by atoms with Crippen LogP contribution in [-0.4, -0.2) is 35.7 Å². The first-order chi connectivity index (χ1) is 15.5. The van der Waals surface area contributed by atoms with Crippen molar-refractivity contribution in [3.05, 3.63) is 48.0 Å². The number of hydrogen-bond donors (Lipinski definition) is 1. The molecule has 0 radical (unpaired) electrons. The van der Waals surface area contributed by atoms with Crippen molar-refractivity contribution < 1.29 is 16.3 Å². The van der Waals surface area contributed by atoms with Gasteiger partial charge in [0.15, 0.2) is 0 Å². The van der Waals surface area contributed by atoms with Crippen LogP contribution in [0.1, 0.15) is 44.2 Å². The van der Waals surface area contributed by atoms with Gasteiger partial charge in [0.2, 0.25) is 0 Å². The van der Waals surface area contributed by atoms with Crippen molar-refractivity contribution in [3.63, 3.8) is 0 Å². The molecule has 2 aliphatic carbocycles. The van der Waals surface area contributed by atoms with Crippen molar-refractivity contribution in [2.24, 2.45) is 22.1 Å². The molecule has 0 unspecified atom stereocenters. The predicted molar refractivity (Wildman–Crippen MR) is 107 cm³/mol. The summed E-state index contributed by atoms with van der Waals surface area (Å²) in [5.74, 6) is -0.111. The smallest absolute Gasteiger partial charge is 0.283 e. The van der Waals surface area contributed by atoms with Crippen LogP contribution >= 0.6 is 0 Å². The summed E-state index contributed by atoms with van der Waals surface area (Å²) < 4.78 is 51.1. The van der Waals surface area contributed by atoms with E-state index in [0.717, 1.165) is 22.3 Å². The second kappa shape index (κ2) is 6.27. The fourth-order valence-electron chi connectivity index (χ4n) is 5.37. The molecule has 1 aromatic carbocycles. The zero-order chi connectivity index (χ0) is 23.6. The molecule has 0 bridgehead atoms. The monoisotopic (exact) mass is 383 g/mol. The number of aromatic nitrogens is 2. The summed E-state index contributed by atoms with van der Waals surface area (Å²) in [6.07, 6.45) is 6.60. The molecule has 146 valence electrons. The van der Waals surface area contributed by atoms with Crippen LogP contribution in [-0.2, 0) is 21.4 Å². The number of methoxy groups -OCH3 is 1. The van der Waals surface area contributed by atoms with E-state index in [2.05, 4.69) is 15.0 Å². The summed E-state index contributed by atoms with van der Waals surface area (Å²) in [5, 5.41) is 0. The number of nitrogens with zero attached hydrogens (tertiary/aromatic N) is 3. The first kappa shape index (κ1) is 12.9. The van der Waals surface area contributed by atoms with Gasteiger partial charge < -0.3 is 15.2 Å². The Bertz CT molecular complexity index is 1110.